The van der Waals surface area contributed by atoms with Crippen LogP contribution in [0.4, 0.5) is 13.2 Å². The number of alkyl halides is 3. The van der Waals surface area contributed by atoms with E-state index in [1.54, 1.807) is 0 Å². The van der Waals surface area contributed by atoms with E-state index in [2.05, 4.69) is 0 Å². The molecule has 0 fully saturated rings. The van der Waals surface area contributed by atoms with E-state index in [1.165, 1.54) is 0 Å². The van der Waals surface area contributed by atoms with Gasteiger partial charge in [-0.1, -0.05) is 0 Å². The van der Waals surface area contributed by atoms with Gasteiger partial charge in [-0.2, -0.15) is 13.2 Å². The van der Waals surface area contributed by atoms with E-state index in [0.717, 1.165) is 0 Å². The summed E-state index contributed by atoms with van der Waals surface area (Å²) < 4.78 is 53.6. The lowest BCUT2D eigenvalue weighted by Crippen LogP contribution is -2.25. The maximum Gasteiger partial charge on any atom is 0.418 e. The number of aliphatic hydroxyl groups is 1. The first-order valence-electron chi connectivity index (χ1n) is 2.40. The van der Waals surface area contributed by atoms with Crippen molar-refractivity contribution in [2.75, 3.05) is 0 Å². The van der Waals surface area contributed by atoms with Crippen LogP contribution >= 0.6 is 0 Å². The molecule has 0 heterocycles. The normalized spacial score (nSPS) is 16.1. The molecule has 0 saturated carbocycles. The molecule has 66 valence electrons. The smallest absolute Gasteiger partial charge is 0.380 e. The highest BCUT2D eigenvalue weighted by Gasteiger charge is 2.36. The highest BCUT2D eigenvalue weighted by atomic mass is 32.2. The molecule has 0 aliphatic heterocycles. The molecule has 0 amide bonds. The summed E-state index contributed by atoms with van der Waals surface area (Å²) in [6.07, 6.45) is -7.36. The Morgan fingerprint density at radius 1 is 1.36 bits per heavy atom. The van der Waals surface area contributed by atoms with Gasteiger partial charge >= 0.3 is 6.18 Å². The molecule has 0 spiro atoms. The first kappa shape index (κ1) is 10.4. The van der Waals surface area contributed by atoms with Gasteiger partial charge in [0.15, 0.2) is 16.8 Å². The van der Waals surface area contributed by atoms with Crippen LogP contribution in [-0.4, -0.2) is 25.8 Å². The second kappa shape index (κ2) is 3.72. The van der Waals surface area contributed by atoms with Crippen molar-refractivity contribution >= 4 is 10.7 Å². The average molecular weight is 190 g/mol. The third-order valence-corrected chi connectivity index (χ3v) is 1.14. The van der Waals surface area contributed by atoms with Gasteiger partial charge in [0.2, 0.25) is 0 Å². The van der Waals surface area contributed by atoms with Crippen LogP contribution in [0.15, 0.2) is 11.5 Å². The van der Waals surface area contributed by atoms with E-state index in [1.807, 2.05) is 0 Å². The van der Waals surface area contributed by atoms with Gasteiger partial charge < -0.3 is 5.11 Å². The zero-order chi connectivity index (χ0) is 9.07. The Bertz CT molecular complexity index is 209. The van der Waals surface area contributed by atoms with Crippen molar-refractivity contribution in [1.29, 1.82) is 0 Å². The summed E-state index contributed by atoms with van der Waals surface area (Å²) in [7, 11) is -3.02. The molecular weight excluding hydrogens is 185 g/mol. The first-order valence-corrected chi connectivity index (χ1v) is 3.65. The monoisotopic (exact) mass is 190 g/mol. The van der Waals surface area contributed by atoms with E-state index in [9.17, 15) is 21.6 Å². The topological polar surface area (TPSA) is 54.4 Å². The molecule has 1 atom stereocenters. The predicted molar refractivity (Wildman–Crippen MR) is 31.5 cm³/mol. The van der Waals surface area contributed by atoms with Gasteiger partial charge in [0.05, 0.1) is 0 Å². The van der Waals surface area contributed by atoms with E-state index < -0.39 is 23.0 Å². The Labute approximate surface area is 62.1 Å². The fourth-order valence-corrected chi connectivity index (χ4v) is 0.564. The number of thiol groups is 1. The van der Waals surface area contributed by atoms with Gasteiger partial charge in [-0.15, -0.1) is 0 Å². The van der Waals surface area contributed by atoms with Crippen LogP contribution < -0.4 is 0 Å². The summed E-state index contributed by atoms with van der Waals surface area (Å²) in [6, 6.07) is 0. The van der Waals surface area contributed by atoms with Crippen molar-refractivity contribution < 1.29 is 26.7 Å². The van der Waals surface area contributed by atoms with Crippen molar-refractivity contribution in [3.63, 3.8) is 0 Å². The van der Waals surface area contributed by atoms with Crippen LogP contribution in [0.1, 0.15) is 0 Å². The summed E-state index contributed by atoms with van der Waals surface area (Å²) in [5, 5.41) is 8.43. The maximum atomic E-state index is 11.4. The largest absolute Gasteiger partial charge is 0.418 e. The second-order valence-corrected chi connectivity index (χ2v) is 2.48. The zero-order valence-electron chi connectivity index (χ0n) is 5.08. The van der Waals surface area contributed by atoms with Gasteiger partial charge in [0.1, 0.15) is 0 Å². The molecule has 0 radical (unpaired) electrons. The molecule has 1 unspecified atom stereocenters. The van der Waals surface area contributed by atoms with Crippen LogP contribution in [0.2, 0.25) is 0 Å². The van der Waals surface area contributed by atoms with Crippen molar-refractivity contribution in [3.05, 3.63) is 11.5 Å². The van der Waals surface area contributed by atoms with E-state index >= 15 is 0 Å². The Kier molecular flexibility index (Phi) is 3.53. The molecule has 0 aliphatic rings. The van der Waals surface area contributed by atoms with E-state index in [-0.39, 0.29) is 11.5 Å². The number of hydrogen-bond donors (Lipinski definition) is 2. The Morgan fingerprint density at radius 3 is 2.09 bits per heavy atom. The van der Waals surface area contributed by atoms with Gasteiger partial charge in [0, 0.05) is 5.41 Å². The molecule has 0 aliphatic carbocycles. The average Bonchev–Trinajstić information content (AvgIpc) is 1.80. The van der Waals surface area contributed by atoms with Gasteiger partial charge in [0.25, 0.3) is 0 Å². The number of hydrogen-bond acceptors (Lipinski definition) is 3. The number of rotatable bonds is 2. The summed E-state index contributed by atoms with van der Waals surface area (Å²) in [6.45, 7) is 0. The van der Waals surface area contributed by atoms with Crippen LogP contribution in [0.5, 0.6) is 0 Å². The van der Waals surface area contributed by atoms with Gasteiger partial charge in [-0.05, 0) is 6.08 Å². The Hall–Kier alpha value is -0.560. The zero-order valence-corrected chi connectivity index (χ0v) is 5.97. The van der Waals surface area contributed by atoms with Crippen molar-refractivity contribution in [3.8, 4) is 0 Å². The minimum Gasteiger partial charge on any atom is -0.380 e. The molecule has 3 nitrogen and oxygen atoms in total. The lowest BCUT2D eigenvalue weighted by atomic mass is 10.3. The van der Waals surface area contributed by atoms with E-state index in [4.69, 9.17) is 5.11 Å². The molecule has 0 aromatic rings. The molecule has 11 heavy (non-hydrogen) atoms. The lowest BCUT2D eigenvalue weighted by molar-refractivity contribution is -0.187. The fourth-order valence-electron chi connectivity index (χ4n) is 0.261. The fraction of sp³-hybridized carbons (Fsp3) is 0.500. The highest BCUT2D eigenvalue weighted by molar-refractivity contribution is 7.75. The summed E-state index contributed by atoms with van der Waals surface area (Å²) in [4.78, 5) is 0. The molecule has 0 aromatic heterocycles. The molecule has 1 N–H and O–H groups in total. The van der Waals surface area contributed by atoms with Gasteiger partial charge in [-0.3, -0.25) is 0 Å². The Morgan fingerprint density at radius 2 is 1.82 bits per heavy atom. The third-order valence-electron chi connectivity index (χ3n) is 0.725. The van der Waals surface area contributed by atoms with Crippen LogP contribution in [0, 0.1) is 0 Å². The number of aliphatic hydroxyl groups excluding tert-OH is 1. The van der Waals surface area contributed by atoms with Crippen LogP contribution in [0.3, 0.4) is 0 Å². The van der Waals surface area contributed by atoms with Crippen LogP contribution in [-0.2, 0) is 10.7 Å². The standard InChI is InChI=1S/C4H5F3O3S/c5-4(6,7)3(8)1-2-11(9)10/h1-3,8,11H/b2-1-. The third kappa shape index (κ3) is 4.79. The summed E-state index contributed by atoms with van der Waals surface area (Å²) >= 11 is 0. The molecular formula is C4H5F3O3S. The molecule has 0 rings (SSSR count). The highest BCUT2D eigenvalue weighted by Crippen LogP contribution is 2.20. The van der Waals surface area contributed by atoms with Crippen LogP contribution in [0.25, 0.3) is 0 Å². The van der Waals surface area contributed by atoms with Crippen molar-refractivity contribution in [2.45, 2.75) is 12.3 Å². The van der Waals surface area contributed by atoms with Gasteiger partial charge in [-0.25, -0.2) is 8.42 Å². The summed E-state index contributed by atoms with van der Waals surface area (Å²) in [5.41, 5.74) is 0. The SMILES string of the molecule is O=[SH](=O)/C=C\C(O)C(F)(F)F. The summed E-state index contributed by atoms with van der Waals surface area (Å²) in [5.74, 6) is 0. The quantitative estimate of drug-likeness (QED) is 0.604. The lowest BCUT2D eigenvalue weighted by Gasteiger charge is -2.08. The Balaban J connectivity index is 4.18. The molecule has 0 aromatic carbocycles. The maximum absolute atomic E-state index is 11.4. The number of halogens is 3. The minimum atomic E-state index is -4.80. The van der Waals surface area contributed by atoms with E-state index in [0.29, 0.717) is 0 Å². The minimum absolute atomic E-state index is 0.158. The second-order valence-electron chi connectivity index (χ2n) is 1.61. The van der Waals surface area contributed by atoms with Crippen molar-refractivity contribution in [1.82, 2.24) is 0 Å². The predicted octanol–water partition coefficient (Wildman–Crippen LogP) is 0.0347. The molecule has 7 heteroatoms. The molecule has 0 saturated heterocycles. The molecule has 0 bridgehead atoms. The van der Waals surface area contributed by atoms with Crippen molar-refractivity contribution in [2.24, 2.45) is 0 Å². The first-order chi connectivity index (χ1) is 4.84.